The van der Waals surface area contributed by atoms with Crippen LogP contribution in [-0.4, -0.2) is 65.6 Å². The molecule has 0 aliphatic carbocycles. The average Bonchev–Trinajstić information content (AvgIpc) is 3.10. The second kappa shape index (κ2) is 13.7. The third-order valence-corrected chi connectivity index (χ3v) is 7.42. The van der Waals surface area contributed by atoms with Crippen molar-refractivity contribution in [2.24, 2.45) is 0 Å². The quantitative estimate of drug-likeness (QED) is 0.394. The summed E-state index contributed by atoms with van der Waals surface area (Å²) >= 11 is 7.20. The predicted octanol–water partition coefficient (Wildman–Crippen LogP) is 5.33. The van der Waals surface area contributed by atoms with E-state index >= 15 is 0 Å². The highest BCUT2D eigenvalue weighted by Gasteiger charge is 2.37. The van der Waals surface area contributed by atoms with Crippen molar-refractivity contribution >= 4 is 58.1 Å². The van der Waals surface area contributed by atoms with Crippen LogP contribution >= 0.6 is 23.4 Å². The van der Waals surface area contributed by atoms with Gasteiger partial charge in [0.15, 0.2) is 18.1 Å². The molecule has 12 heteroatoms. The lowest BCUT2D eigenvalue weighted by Gasteiger charge is -2.22. The van der Waals surface area contributed by atoms with Crippen molar-refractivity contribution in [3.05, 3.63) is 57.7 Å². The lowest BCUT2D eigenvalue weighted by molar-refractivity contribution is -0.135. The lowest BCUT2D eigenvalue weighted by atomic mass is 10.1. The number of anilines is 1. The molecule has 212 valence electrons. The number of carbonyl (C=O) groups is 4. The fourth-order valence-electron chi connectivity index (χ4n) is 4.29. The number of carbonyl (C=O) groups excluding carboxylic acids is 4. The molecule has 0 saturated carbocycles. The van der Waals surface area contributed by atoms with Crippen molar-refractivity contribution in [2.75, 3.05) is 38.2 Å². The Hall–Kier alpha value is -3.57. The third kappa shape index (κ3) is 7.54. The van der Waals surface area contributed by atoms with Gasteiger partial charge < -0.3 is 19.7 Å². The van der Waals surface area contributed by atoms with Crippen LogP contribution in [0.1, 0.15) is 38.2 Å². The Labute approximate surface area is 240 Å². The number of likely N-dealkylation sites (tertiary alicyclic amines) is 1. The Morgan fingerprint density at radius 2 is 1.77 bits per heavy atom. The number of nitrogens with one attached hydrogen (secondary N) is 1. The molecule has 2 aliphatic rings. The van der Waals surface area contributed by atoms with Crippen LogP contribution in [0.15, 0.2) is 41.3 Å². The normalized spacial score (nSPS) is 16.7. The van der Waals surface area contributed by atoms with E-state index in [4.69, 9.17) is 21.1 Å². The highest BCUT2D eigenvalue weighted by Crippen LogP contribution is 2.39. The highest BCUT2D eigenvalue weighted by atomic mass is 35.5. The summed E-state index contributed by atoms with van der Waals surface area (Å²) in [6, 6.07) is 8.40. The SMILES string of the molecule is CCOc1cc(C=C2SC(=O)N(CC(=O)N3CCCCCC3)C2=O)cc(Cl)c1OCC(=O)Nc1ccc(F)cc1. The molecule has 2 fully saturated rings. The van der Waals surface area contributed by atoms with Crippen molar-refractivity contribution < 1.29 is 33.0 Å². The van der Waals surface area contributed by atoms with E-state index in [1.165, 1.54) is 36.4 Å². The van der Waals surface area contributed by atoms with Gasteiger partial charge in [-0.15, -0.1) is 0 Å². The molecular weight excluding hydrogens is 561 g/mol. The number of nitrogens with zero attached hydrogens (tertiary/aromatic N) is 2. The van der Waals surface area contributed by atoms with E-state index in [0.29, 0.717) is 24.3 Å². The van der Waals surface area contributed by atoms with Crippen LogP contribution in [0.5, 0.6) is 11.5 Å². The molecule has 0 aromatic heterocycles. The molecule has 0 atom stereocenters. The summed E-state index contributed by atoms with van der Waals surface area (Å²) in [6.07, 6.45) is 5.45. The fraction of sp³-hybridized carbons (Fsp3) is 0.357. The maximum atomic E-state index is 13.1. The molecule has 1 N–H and O–H groups in total. The number of rotatable bonds is 9. The molecule has 2 aromatic carbocycles. The van der Waals surface area contributed by atoms with Gasteiger partial charge in [0.25, 0.3) is 17.1 Å². The molecule has 0 unspecified atom stereocenters. The van der Waals surface area contributed by atoms with Crippen LogP contribution in [0.2, 0.25) is 5.02 Å². The van der Waals surface area contributed by atoms with Crippen molar-refractivity contribution in [1.29, 1.82) is 0 Å². The second-order valence-electron chi connectivity index (χ2n) is 9.17. The average molecular weight is 590 g/mol. The molecule has 4 rings (SSSR count). The van der Waals surface area contributed by atoms with Gasteiger partial charge >= 0.3 is 0 Å². The first-order chi connectivity index (χ1) is 19.2. The van der Waals surface area contributed by atoms with Gasteiger partial charge in [-0.25, -0.2) is 4.39 Å². The zero-order valence-corrected chi connectivity index (χ0v) is 23.5. The molecule has 2 aromatic rings. The number of amides is 4. The number of halogens is 2. The first-order valence-corrected chi connectivity index (χ1v) is 14.1. The number of hydrogen-bond acceptors (Lipinski definition) is 7. The lowest BCUT2D eigenvalue weighted by Crippen LogP contribution is -2.42. The van der Waals surface area contributed by atoms with Crippen LogP contribution in [0.4, 0.5) is 14.9 Å². The van der Waals surface area contributed by atoms with Crippen LogP contribution in [0, 0.1) is 5.82 Å². The topological polar surface area (TPSA) is 105 Å². The maximum absolute atomic E-state index is 13.1. The summed E-state index contributed by atoms with van der Waals surface area (Å²) < 4.78 is 24.4. The molecule has 0 spiro atoms. The van der Waals surface area contributed by atoms with Crippen molar-refractivity contribution in [3.8, 4) is 11.5 Å². The van der Waals surface area contributed by atoms with Gasteiger partial charge in [-0.05, 0) is 79.6 Å². The van der Waals surface area contributed by atoms with E-state index in [9.17, 15) is 23.6 Å². The van der Waals surface area contributed by atoms with E-state index in [1.807, 2.05) is 0 Å². The Bertz CT molecular complexity index is 1310. The summed E-state index contributed by atoms with van der Waals surface area (Å²) in [5, 5.41) is 2.21. The molecule has 0 radical (unpaired) electrons. The van der Waals surface area contributed by atoms with Gasteiger partial charge in [0.1, 0.15) is 12.4 Å². The number of thioether (sulfide) groups is 1. The first kappa shape index (κ1) is 29.4. The van der Waals surface area contributed by atoms with Gasteiger partial charge in [-0.2, -0.15) is 0 Å². The Morgan fingerprint density at radius 3 is 2.45 bits per heavy atom. The Morgan fingerprint density at radius 1 is 1.07 bits per heavy atom. The minimum atomic E-state index is -0.551. The molecule has 2 saturated heterocycles. The van der Waals surface area contributed by atoms with E-state index in [1.54, 1.807) is 17.9 Å². The van der Waals surface area contributed by atoms with E-state index in [2.05, 4.69) is 5.32 Å². The minimum absolute atomic E-state index is 0.127. The van der Waals surface area contributed by atoms with E-state index in [0.717, 1.165) is 42.3 Å². The number of hydrogen-bond donors (Lipinski definition) is 1. The monoisotopic (exact) mass is 589 g/mol. The van der Waals surface area contributed by atoms with Crippen LogP contribution < -0.4 is 14.8 Å². The molecule has 0 bridgehead atoms. The van der Waals surface area contributed by atoms with Gasteiger partial charge in [0.2, 0.25) is 5.91 Å². The summed E-state index contributed by atoms with van der Waals surface area (Å²) in [4.78, 5) is 53.5. The zero-order valence-electron chi connectivity index (χ0n) is 21.9. The van der Waals surface area contributed by atoms with Crippen LogP contribution in [0.3, 0.4) is 0 Å². The van der Waals surface area contributed by atoms with Crippen LogP contribution in [0.25, 0.3) is 6.08 Å². The van der Waals surface area contributed by atoms with Crippen molar-refractivity contribution in [2.45, 2.75) is 32.6 Å². The van der Waals surface area contributed by atoms with Crippen LogP contribution in [-0.2, 0) is 14.4 Å². The maximum Gasteiger partial charge on any atom is 0.294 e. The third-order valence-electron chi connectivity index (χ3n) is 6.23. The molecule has 9 nitrogen and oxygen atoms in total. The van der Waals surface area contributed by atoms with E-state index < -0.39 is 22.9 Å². The summed E-state index contributed by atoms with van der Waals surface area (Å²) in [5.41, 5.74) is 0.879. The van der Waals surface area contributed by atoms with Gasteiger partial charge in [0, 0.05) is 18.8 Å². The first-order valence-electron chi connectivity index (χ1n) is 12.9. The molecule has 40 heavy (non-hydrogen) atoms. The number of ether oxygens (including phenoxy) is 2. The van der Waals surface area contributed by atoms with Gasteiger partial charge in [-0.3, -0.25) is 24.1 Å². The highest BCUT2D eigenvalue weighted by molar-refractivity contribution is 8.18. The van der Waals surface area contributed by atoms with Crippen molar-refractivity contribution in [3.63, 3.8) is 0 Å². The largest absolute Gasteiger partial charge is 0.490 e. The molecular formula is C28H29ClFN3O6S. The zero-order chi connectivity index (χ0) is 28.6. The Kier molecular flexibility index (Phi) is 10.1. The summed E-state index contributed by atoms with van der Waals surface area (Å²) in [6.45, 7) is 2.61. The number of benzene rings is 2. The van der Waals surface area contributed by atoms with E-state index in [-0.39, 0.29) is 47.1 Å². The Balaban J connectivity index is 1.44. The second-order valence-corrected chi connectivity index (χ2v) is 10.6. The van der Waals surface area contributed by atoms with Gasteiger partial charge in [-0.1, -0.05) is 24.4 Å². The molecule has 2 aliphatic heterocycles. The van der Waals surface area contributed by atoms with Gasteiger partial charge in [0.05, 0.1) is 16.5 Å². The van der Waals surface area contributed by atoms with Crippen molar-refractivity contribution in [1.82, 2.24) is 9.80 Å². The predicted molar refractivity (Wildman–Crippen MR) is 151 cm³/mol. The summed E-state index contributed by atoms with van der Waals surface area (Å²) in [7, 11) is 0. The summed E-state index contributed by atoms with van der Waals surface area (Å²) in [5.74, 6) is -1.33. The minimum Gasteiger partial charge on any atom is -0.490 e. The smallest absolute Gasteiger partial charge is 0.294 e. The molecule has 4 amide bonds. The standard InChI is InChI=1S/C28H29ClFN3O6S/c1-2-38-22-14-18(13-21(29)26(22)39-17-24(34)31-20-9-7-19(30)8-10-20)15-23-27(36)33(28(37)40-23)16-25(35)32-11-5-3-4-6-12-32/h7-10,13-15H,2-6,11-12,16-17H2,1H3,(H,31,34). The number of imide groups is 1. The fourth-order valence-corrected chi connectivity index (χ4v) is 5.40. The molecule has 2 heterocycles.